The second-order valence-electron chi connectivity index (χ2n) is 3.09. The van der Waals surface area contributed by atoms with Crippen molar-refractivity contribution in [3.63, 3.8) is 0 Å². The summed E-state index contributed by atoms with van der Waals surface area (Å²) in [5.41, 5.74) is 1.83. The van der Waals surface area contributed by atoms with E-state index in [4.69, 9.17) is 5.11 Å². The van der Waals surface area contributed by atoms with Crippen LogP contribution in [0.3, 0.4) is 0 Å². The Morgan fingerprint density at radius 2 is 2.27 bits per heavy atom. The molecule has 0 unspecified atom stereocenters. The second-order valence-corrected chi connectivity index (χ2v) is 4.01. The molecule has 0 aliphatic rings. The summed E-state index contributed by atoms with van der Waals surface area (Å²) in [5, 5.41) is 16.7. The molecular formula is C10H10BrN3O. The summed E-state index contributed by atoms with van der Waals surface area (Å²) < 4.78 is 2.71. The number of aromatic nitrogens is 3. The Labute approximate surface area is 95.7 Å². The van der Waals surface area contributed by atoms with Gasteiger partial charge in [-0.3, -0.25) is 0 Å². The van der Waals surface area contributed by atoms with E-state index in [1.165, 1.54) is 0 Å². The summed E-state index contributed by atoms with van der Waals surface area (Å²) in [7, 11) is 0. The molecule has 0 spiro atoms. The number of benzene rings is 1. The molecule has 0 saturated heterocycles. The van der Waals surface area contributed by atoms with Crippen molar-refractivity contribution >= 4 is 15.9 Å². The third-order valence-electron chi connectivity index (χ3n) is 2.04. The van der Waals surface area contributed by atoms with Crippen LogP contribution in [-0.2, 0) is 6.42 Å². The number of halogens is 1. The van der Waals surface area contributed by atoms with Gasteiger partial charge in [0.25, 0.3) is 0 Å². The Morgan fingerprint density at radius 3 is 3.00 bits per heavy atom. The van der Waals surface area contributed by atoms with Crippen molar-refractivity contribution in [2.45, 2.75) is 6.42 Å². The maximum Gasteiger partial charge on any atom is 0.0730 e. The minimum Gasteiger partial charge on any atom is -0.396 e. The van der Waals surface area contributed by atoms with Crippen LogP contribution in [0.1, 0.15) is 5.69 Å². The van der Waals surface area contributed by atoms with Gasteiger partial charge in [0, 0.05) is 17.5 Å². The average Bonchev–Trinajstić information content (AvgIpc) is 2.66. The summed E-state index contributed by atoms with van der Waals surface area (Å²) in [6, 6.07) is 7.78. The van der Waals surface area contributed by atoms with E-state index >= 15 is 0 Å². The van der Waals surface area contributed by atoms with E-state index in [1.54, 1.807) is 10.9 Å². The molecule has 1 heterocycles. The van der Waals surface area contributed by atoms with Crippen LogP contribution in [0.4, 0.5) is 0 Å². The van der Waals surface area contributed by atoms with Gasteiger partial charge in [0.15, 0.2) is 0 Å². The van der Waals surface area contributed by atoms with Crippen LogP contribution in [0.15, 0.2) is 34.9 Å². The smallest absolute Gasteiger partial charge is 0.0730 e. The van der Waals surface area contributed by atoms with Gasteiger partial charge in [-0.1, -0.05) is 27.2 Å². The fourth-order valence-corrected chi connectivity index (χ4v) is 1.75. The van der Waals surface area contributed by atoms with Crippen LogP contribution in [-0.4, -0.2) is 26.7 Å². The van der Waals surface area contributed by atoms with Crippen LogP contribution in [0.2, 0.25) is 0 Å². The fraction of sp³-hybridized carbons (Fsp3) is 0.200. The summed E-state index contributed by atoms with van der Waals surface area (Å²) in [6.45, 7) is 0.0986. The topological polar surface area (TPSA) is 50.9 Å². The van der Waals surface area contributed by atoms with E-state index < -0.39 is 0 Å². The highest BCUT2D eigenvalue weighted by Gasteiger charge is 2.05. The SMILES string of the molecule is OCCc1cnnn1-c1cccc(Br)c1. The number of aliphatic hydroxyl groups is 1. The van der Waals surface area contributed by atoms with Crippen LogP contribution >= 0.6 is 15.9 Å². The van der Waals surface area contributed by atoms with Crippen molar-refractivity contribution in [1.82, 2.24) is 15.0 Å². The molecule has 2 aromatic rings. The lowest BCUT2D eigenvalue weighted by Gasteiger charge is -2.04. The molecule has 15 heavy (non-hydrogen) atoms. The van der Waals surface area contributed by atoms with Gasteiger partial charge in [-0.15, -0.1) is 5.10 Å². The van der Waals surface area contributed by atoms with Crippen molar-refractivity contribution in [2.24, 2.45) is 0 Å². The first kappa shape index (κ1) is 10.3. The van der Waals surface area contributed by atoms with Crippen molar-refractivity contribution in [3.8, 4) is 5.69 Å². The van der Waals surface area contributed by atoms with Gasteiger partial charge in [-0.2, -0.15) is 0 Å². The summed E-state index contributed by atoms with van der Waals surface area (Å²) >= 11 is 3.40. The number of aliphatic hydroxyl groups excluding tert-OH is 1. The number of nitrogens with zero attached hydrogens (tertiary/aromatic N) is 3. The van der Waals surface area contributed by atoms with Crippen LogP contribution in [0.5, 0.6) is 0 Å². The molecule has 2 rings (SSSR count). The van der Waals surface area contributed by atoms with Gasteiger partial charge in [0.2, 0.25) is 0 Å². The van der Waals surface area contributed by atoms with Gasteiger partial charge >= 0.3 is 0 Å². The predicted molar refractivity (Wildman–Crippen MR) is 59.8 cm³/mol. The molecule has 1 aromatic heterocycles. The molecule has 1 N–H and O–H groups in total. The number of rotatable bonds is 3. The summed E-state index contributed by atoms with van der Waals surface area (Å²) in [6.07, 6.45) is 2.22. The van der Waals surface area contributed by atoms with E-state index in [1.807, 2.05) is 24.3 Å². The number of hydrogen-bond acceptors (Lipinski definition) is 3. The van der Waals surface area contributed by atoms with E-state index in [2.05, 4.69) is 26.2 Å². The molecule has 0 atom stereocenters. The molecule has 0 aliphatic heterocycles. The molecule has 0 fully saturated rings. The maximum atomic E-state index is 8.89. The third-order valence-corrected chi connectivity index (χ3v) is 2.53. The largest absolute Gasteiger partial charge is 0.396 e. The van der Waals surface area contributed by atoms with Crippen LogP contribution < -0.4 is 0 Å². The summed E-state index contributed by atoms with van der Waals surface area (Å²) in [5.74, 6) is 0. The van der Waals surface area contributed by atoms with E-state index in [9.17, 15) is 0 Å². The van der Waals surface area contributed by atoms with Crippen molar-refractivity contribution in [2.75, 3.05) is 6.61 Å². The Morgan fingerprint density at radius 1 is 1.40 bits per heavy atom. The Bertz CT molecular complexity index is 455. The lowest BCUT2D eigenvalue weighted by molar-refractivity contribution is 0.297. The quantitative estimate of drug-likeness (QED) is 0.919. The zero-order valence-corrected chi connectivity index (χ0v) is 9.55. The first-order valence-corrected chi connectivity index (χ1v) is 5.37. The predicted octanol–water partition coefficient (Wildman–Crippen LogP) is 1.56. The zero-order valence-electron chi connectivity index (χ0n) is 7.97. The molecule has 78 valence electrons. The van der Waals surface area contributed by atoms with E-state index in [0.717, 1.165) is 15.9 Å². The zero-order chi connectivity index (χ0) is 10.7. The van der Waals surface area contributed by atoms with Crippen molar-refractivity contribution in [1.29, 1.82) is 0 Å². The third kappa shape index (κ3) is 2.24. The van der Waals surface area contributed by atoms with Gasteiger partial charge in [-0.25, -0.2) is 4.68 Å². The normalized spacial score (nSPS) is 10.5. The summed E-state index contributed by atoms with van der Waals surface area (Å²) in [4.78, 5) is 0. The lowest BCUT2D eigenvalue weighted by Crippen LogP contribution is -2.04. The highest BCUT2D eigenvalue weighted by Crippen LogP contribution is 2.15. The molecule has 0 aliphatic carbocycles. The second kappa shape index (κ2) is 4.55. The van der Waals surface area contributed by atoms with Gasteiger partial charge in [0.05, 0.1) is 17.6 Å². The molecular weight excluding hydrogens is 258 g/mol. The molecule has 0 radical (unpaired) electrons. The molecule has 0 bridgehead atoms. The Kier molecular flexibility index (Phi) is 3.13. The minimum absolute atomic E-state index is 0.0986. The van der Waals surface area contributed by atoms with Crippen LogP contribution in [0, 0.1) is 0 Å². The first-order chi connectivity index (χ1) is 7.31. The highest BCUT2D eigenvalue weighted by molar-refractivity contribution is 9.10. The lowest BCUT2D eigenvalue weighted by atomic mass is 10.3. The van der Waals surface area contributed by atoms with Crippen molar-refractivity contribution in [3.05, 3.63) is 40.6 Å². The van der Waals surface area contributed by atoms with Gasteiger partial charge in [-0.05, 0) is 18.2 Å². The molecule has 5 heteroatoms. The van der Waals surface area contributed by atoms with E-state index in [-0.39, 0.29) is 6.61 Å². The van der Waals surface area contributed by atoms with E-state index in [0.29, 0.717) is 6.42 Å². The Balaban J connectivity index is 2.40. The fourth-order valence-electron chi connectivity index (χ4n) is 1.37. The van der Waals surface area contributed by atoms with Crippen LogP contribution in [0.25, 0.3) is 5.69 Å². The Hall–Kier alpha value is -1.20. The molecule has 1 aromatic carbocycles. The average molecular weight is 268 g/mol. The number of hydrogen-bond donors (Lipinski definition) is 1. The minimum atomic E-state index is 0.0986. The monoisotopic (exact) mass is 267 g/mol. The highest BCUT2D eigenvalue weighted by atomic mass is 79.9. The van der Waals surface area contributed by atoms with Gasteiger partial charge < -0.3 is 5.11 Å². The first-order valence-electron chi connectivity index (χ1n) is 4.57. The standard InChI is InChI=1S/C10H10BrN3O/c11-8-2-1-3-9(6-8)14-10(4-5-15)7-12-13-14/h1-3,6-7,15H,4-5H2. The molecule has 0 saturated carbocycles. The molecule has 4 nitrogen and oxygen atoms in total. The maximum absolute atomic E-state index is 8.89. The molecule has 0 amide bonds. The van der Waals surface area contributed by atoms with Gasteiger partial charge in [0.1, 0.15) is 0 Å². The van der Waals surface area contributed by atoms with Crippen molar-refractivity contribution < 1.29 is 5.11 Å².